The van der Waals surface area contributed by atoms with Gasteiger partial charge in [0.1, 0.15) is 0 Å². The van der Waals surface area contributed by atoms with Crippen LogP contribution in [-0.4, -0.2) is 6.04 Å². The fourth-order valence-corrected chi connectivity index (χ4v) is 4.14. The fraction of sp³-hybridized carbons (Fsp3) is 0.867. The summed E-state index contributed by atoms with van der Waals surface area (Å²) in [6.07, 6.45) is 7.26. The molecule has 1 saturated carbocycles. The minimum absolute atomic E-state index is 0.142. The quantitative estimate of drug-likeness (QED) is 0.282. The predicted molar refractivity (Wildman–Crippen MR) is 75.1 cm³/mol. The summed E-state index contributed by atoms with van der Waals surface area (Å²) in [6.45, 7) is 9.08. The first kappa shape index (κ1) is 13.5. The number of azide groups is 1. The maximum atomic E-state index is 8.95. The highest BCUT2D eigenvalue weighted by Gasteiger charge is 2.50. The Hall–Kier alpha value is -0.950. The third-order valence-electron chi connectivity index (χ3n) is 5.31. The van der Waals surface area contributed by atoms with Crippen LogP contribution < -0.4 is 0 Å². The first-order valence-electron chi connectivity index (χ1n) is 7.24. The number of allylic oxidation sites excluding steroid dienone is 1. The largest absolute Gasteiger partial charge is 0.0894 e. The zero-order valence-electron chi connectivity index (χ0n) is 12.1. The first-order chi connectivity index (χ1) is 8.51. The van der Waals surface area contributed by atoms with Gasteiger partial charge in [-0.3, -0.25) is 0 Å². The molecule has 0 unspecified atom stereocenters. The summed E-state index contributed by atoms with van der Waals surface area (Å²) in [7, 11) is 0. The summed E-state index contributed by atoms with van der Waals surface area (Å²) in [5.41, 5.74) is 10.6. The molecule has 4 atom stereocenters. The van der Waals surface area contributed by atoms with Gasteiger partial charge in [0.2, 0.25) is 0 Å². The summed E-state index contributed by atoms with van der Waals surface area (Å²) in [5.74, 6) is 1.78. The van der Waals surface area contributed by atoms with Crippen molar-refractivity contribution in [1.82, 2.24) is 0 Å². The average molecular weight is 247 g/mol. The Labute approximate surface area is 110 Å². The molecule has 0 aromatic carbocycles. The van der Waals surface area contributed by atoms with Crippen LogP contribution in [-0.2, 0) is 0 Å². The predicted octanol–water partition coefficient (Wildman–Crippen LogP) is 5.09. The standard InChI is InChI=1S/C15H25N3/c1-10(2)13-6-5-12(4)15(14(13)17-18-16)8-7-11(3)9-15/h9-10,12-14H,5-8H2,1-4H3/t12-,13+,14-,15-/m0/s1. The van der Waals surface area contributed by atoms with Gasteiger partial charge in [-0.1, -0.05) is 37.5 Å². The van der Waals surface area contributed by atoms with Gasteiger partial charge >= 0.3 is 0 Å². The molecule has 18 heavy (non-hydrogen) atoms. The van der Waals surface area contributed by atoms with Gasteiger partial charge in [-0.15, -0.1) is 0 Å². The lowest BCUT2D eigenvalue weighted by Gasteiger charge is -2.49. The van der Waals surface area contributed by atoms with E-state index in [9.17, 15) is 0 Å². The van der Waals surface area contributed by atoms with E-state index in [0.717, 1.165) is 0 Å². The molecule has 1 spiro atoms. The molecule has 0 bridgehead atoms. The van der Waals surface area contributed by atoms with Crippen LogP contribution in [0.1, 0.15) is 53.4 Å². The summed E-state index contributed by atoms with van der Waals surface area (Å²) in [6, 6.07) is 0.156. The van der Waals surface area contributed by atoms with Crippen molar-refractivity contribution in [3.63, 3.8) is 0 Å². The normalized spacial score (nSPS) is 39.8. The molecule has 3 heteroatoms. The van der Waals surface area contributed by atoms with Crippen LogP contribution in [0.5, 0.6) is 0 Å². The van der Waals surface area contributed by atoms with E-state index in [-0.39, 0.29) is 11.5 Å². The van der Waals surface area contributed by atoms with Crippen LogP contribution >= 0.6 is 0 Å². The highest BCUT2D eigenvalue weighted by Crippen LogP contribution is 2.55. The molecule has 3 nitrogen and oxygen atoms in total. The van der Waals surface area contributed by atoms with Crippen molar-refractivity contribution in [2.45, 2.75) is 59.4 Å². The molecule has 100 valence electrons. The lowest BCUT2D eigenvalue weighted by Crippen LogP contribution is -2.46. The monoisotopic (exact) mass is 247 g/mol. The molecule has 0 heterocycles. The first-order valence-corrected chi connectivity index (χ1v) is 7.24. The molecule has 2 rings (SSSR count). The third kappa shape index (κ3) is 2.05. The van der Waals surface area contributed by atoms with Gasteiger partial charge in [0.05, 0.1) is 0 Å². The van der Waals surface area contributed by atoms with E-state index in [1.807, 2.05) is 0 Å². The van der Waals surface area contributed by atoms with E-state index in [4.69, 9.17) is 5.53 Å². The Bertz CT molecular complexity index is 393. The topological polar surface area (TPSA) is 48.8 Å². The molecule has 0 amide bonds. The SMILES string of the molecule is CC1=C[C@@]2(CC1)[C@@H](C)CC[C@H](C(C)C)[C@@H]2N=[N+]=[N-]. The zero-order chi connectivity index (χ0) is 13.3. The zero-order valence-corrected chi connectivity index (χ0v) is 12.1. The van der Waals surface area contributed by atoms with E-state index >= 15 is 0 Å². The minimum Gasteiger partial charge on any atom is -0.0894 e. The van der Waals surface area contributed by atoms with Crippen molar-refractivity contribution in [2.75, 3.05) is 0 Å². The minimum atomic E-state index is 0.142. The third-order valence-corrected chi connectivity index (χ3v) is 5.31. The second-order valence-electron chi connectivity index (χ2n) is 6.64. The van der Waals surface area contributed by atoms with Gasteiger partial charge in [-0.25, -0.2) is 0 Å². The molecule has 0 aliphatic heterocycles. The Kier molecular flexibility index (Phi) is 3.72. The van der Waals surface area contributed by atoms with E-state index < -0.39 is 0 Å². The second-order valence-corrected chi connectivity index (χ2v) is 6.64. The molecule has 2 aliphatic carbocycles. The van der Waals surface area contributed by atoms with Crippen LogP contribution in [0.2, 0.25) is 0 Å². The molecule has 2 aliphatic rings. The van der Waals surface area contributed by atoms with E-state index in [1.165, 1.54) is 31.3 Å². The van der Waals surface area contributed by atoms with Crippen molar-refractivity contribution in [3.8, 4) is 0 Å². The average Bonchev–Trinajstić information content (AvgIpc) is 2.69. The molecule has 0 radical (unpaired) electrons. The summed E-state index contributed by atoms with van der Waals surface area (Å²) in [5, 5.41) is 4.24. The van der Waals surface area contributed by atoms with E-state index in [2.05, 4.69) is 43.8 Å². The Morgan fingerprint density at radius 1 is 1.44 bits per heavy atom. The van der Waals surface area contributed by atoms with Gasteiger partial charge in [0, 0.05) is 16.4 Å². The Balaban J connectivity index is 2.42. The van der Waals surface area contributed by atoms with E-state index in [1.54, 1.807) is 0 Å². The van der Waals surface area contributed by atoms with Gasteiger partial charge in [0.15, 0.2) is 0 Å². The molecule has 1 fully saturated rings. The smallest absolute Gasteiger partial charge is 0.0498 e. The fourth-order valence-electron chi connectivity index (χ4n) is 4.14. The van der Waals surface area contributed by atoms with Crippen molar-refractivity contribution < 1.29 is 0 Å². The van der Waals surface area contributed by atoms with Crippen molar-refractivity contribution in [3.05, 3.63) is 22.1 Å². The van der Waals surface area contributed by atoms with Crippen LogP contribution in [0.25, 0.3) is 10.4 Å². The summed E-state index contributed by atoms with van der Waals surface area (Å²) in [4.78, 5) is 3.17. The van der Waals surface area contributed by atoms with Gasteiger partial charge < -0.3 is 0 Å². The maximum Gasteiger partial charge on any atom is 0.0498 e. The van der Waals surface area contributed by atoms with Crippen molar-refractivity contribution >= 4 is 0 Å². The summed E-state index contributed by atoms with van der Waals surface area (Å²) >= 11 is 0. The maximum absolute atomic E-state index is 8.95. The number of hydrogen-bond donors (Lipinski definition) is 0. The molecule has 0 saturated heterocycles. The van der Waals surface area contributed by atoms with Crippen molar-refractivity contribution in [2.24, 2.45) is 28.3 Å². The molecular weight excluding hydrogens is 222 g/mol. The van der Waals surface area contributed by atoms with Gasteiger partial charge in [0.25, 0.3) is 0 Å². The van der Waals surface area contributed by atoms with E-state index in [0.29, 0.717) is 17.8 Å². The second kappa shape index (κ2) is 4.97. The summed E-state index contributed by atoms with van der Waals surface area (Å²) < 4.78 is 0. The molecule has 0 aromatic rings. The van der Waals surface area contributed by atoms with Crippen LogP contribution in [0.4, 0.5) is 0 Å². The number of rotatable bonds is 2. The molecule has 0 N–H and O–H groups in total. The molecular formula is C15H25N3. The highest BCUT2D eigenvalue weighted by molar-refractivity contribution is 5.22. The van der Waals surface area contributed by atoms with Crippen LogP contribution in [0, 0.1) is 23.2 Å². The highest BCUT2D eigenvalue weighted by atomic mass is 15.2. The lowest BCUT2D eigenvalue weighted by molar-refractivity contribution is 0.0631. The molecule has 0 aromatic heterocycles. The van der Waals surface area contributed by atoms with Crippen LogP contribution in [0.3, 0.4) is 0 Å². The lowest BCUT2D eigenvalue weighted by atomic mass is 9.58. The Morgan fingerprint density at radius 3 is 2.67 bits per heavy atom. The Morgan fingerprint density at radius 2 is 2.17 bits per heavy atom. The number of hydrogen-bond acceptors (Lipinski definition) is 1. The van der Waals surface area contributed by atoms with Gasteiger partial charge in [-0.2, -0.15) is 0 Å². The van der Waals surface area contributed by atoms with Gasteiger partial charge in [-0.05, 0) is 55.9 Å². The van der Waals surface area contributed by atoms with Crippen molar-refractivity contribution in [1.29, 1.82) is 0 Å². The van der Waals surface area contributed by atoms with Crippen LogP contribution in [0.15, 0.2) is 16.8 Å². The number of nitrogens with zero attached hydrogens (tertiary/aromatic N) is 3.